The smallest absolute Gasteiger partial charge is 0.255 e. The predicted molar refractivity (Wildman–Crippen MR) is 69.6 cm³/mol. The van der Waals surface area contributed by atoms with Crippen molar-refractivity contribution in [2.45, 2.75) is 27.7 Å². The summed E-state index contributed by atoms with van der Waals surface area (Å²) in [6.07, 6.45) is 1.57. The molecule has 0 fully saturated rings. The minimum absolute atomic E-state index is 0.160. The molecular formula is C13H21N3O. The van der Waals surface area contributed by atoms with E-state index in [1.807, 2.05) is 0 Å². The summed E-state index contributed by atoms with van der Waals surface area (Å²) in [6.45, 7) is 9.22. The first kappa shape index (κ1) is 13.5. The Morgan fingerprint density at radius 1 is 1.53 bits per heavy atom. The number of nitrogens with zero attached hydrogens (tertiary/aromatic N) is 1. The van der Waals surface area contributed by atoms with Gasteiger partial charge in [0.05, 0.1) is 5.56 Å². The van der Waals surface area contributed by atoms with Crippen molar-refractivity contribution in [2.75, 3.05) is 12.3 Å². The molecule has 1 unspecified atom stereocenters. The number of nitrogens with one attached hydrogen (secondary N) is 1. The van der Waals surface area contributed by atoms with Crippen LogP contribution >= 0.6 is 0 Å². The lowest BCUT2D eigenvalue weighted by atomic mass is 9.82. The van der Waals surface area contributed by atoms with Crippen LogP contribution in [-0.2, 0) is 0 Å². The van der Waals surface area contributed by atoms with Crippen LogP contribution in [0.1, 0.15) is 38.1 Å². The quantitative estimate of drug-likeness (QED) is 0.842. The van der Waals surface area contributed by atoms with E-state index >= 15 is 0 Å². The molecule has 1 rings (SSSR count). The third kappa shape index (κ3) is 3.73. The van der Waals surface area contributed by atoms with Crippen LogP contribution in [0.15, 0.2) is 18.3 Å². The third-order valence-corrected chi connectivity index (χ3v) is 3.13. The maximum absolute atomic E-state index is 11.9. The molecule has 0 saturated carbocycles. The third-order valence-electron chi connectivity index (χ3n) is 3.13. The van der Waals surface area contributed by atoms with Crippen molar-refractivity contribution in [3.63, 3.8) is 0 Å². The van der Waals surface area contributed by atoms with Crippen LogP contribution in [0.4, 0.5) is 5.82 Å². The van der Waals surface area contributed by atoms with E-state index in [-0.39, 0.29) is 17.1 Å². The summed E-state index contributed by atoms with van der Waals surface area (Å²) in [5.74, 6) is 0.504. The molecular weight excluding hydrogens is 214 g/mol. The van der Waals surface area contributed by atoms with Crippen LogP contribution < -0.4 is 11.1 Å². The second-order valence-corrected chi connectivity index (χ2v) is 5.41. The summed E-state index contributed by atoms with van der Waals surface area (Å²) in [5, 5.41) is 2.89. The molecule has 1 aromatic rings. The van der Waals surface area contributed by atoms with Gasteiger partial charge in [-0.2, -0.15) is 0 Å². The van der Waals surface area contributed by atoms with Gasteiger partial charge in [-0.3, -0.25) is 4.79 Å². The second-order valence-electron chi connectivity index (χ2n) is 5.41. The molecule has 0 saturated heterocycles. The predicted octanol–water partition coefficient (Wildman–Crippen LogP) is 2.08. The number of carbonyl (C=O) groups excluding carboxylic acids is 1. The van der Waals surface area contributed by atoms with Gasteiger partial charge in [0.1, 0.15) is 5.82 Å². The molecule has 94 valence electrons. The number of aromatic nitrogens is 1. The molecule has 1 heterocycles. The number of pyridine rings is 1. The lowest BCUT2D eigenvalue weighted by Gasteiger charge is -2.27. The molecule has 0 aromatic carbocycles. The van der Waals surface area contributed by atoms with E-state index in [1.54, 1.807) is 18.3 Å². The number of nitrogen functional groups attached to an aromatic ring is 1. The van der Waals surface area contributed by atoms with Crippen LogP contribution in [0.3, 0.4) is 0 Å². The highest BCUT2D eigenvalue weighted by atomic mass is 16.1. The fourth-order valence-electron chi connectivity index (χ4n) is 1.26. The van der Waals surface area contributed by atoms with E-state index in [1.165, 1.54) is 0 Å². The lowest BCUT2D eigenvalue weighted by Crippen LogP contribution is -2.34. The highest BCUT2D eigenvalue weighted by Crippen LogP contribution is 2.24. The largest absolute Gasteiger partial charge is 0.383 e. The zero-order valence-electron chi connectivity index (χ0n) is 10.9. The Balaban J connectivity index is 2.60. The number of rotatable bonds is 3. The van der Waals surface area contributed by atoms with Crippen LogP contribution in [-0.4, -0.2) is 17.4 Å². The van der Waals surface area contributed by atoms with E-state index in [4.69, 9.17) is 5.73 Å². The van der Waals surface area contributed by atoms with Gasteiger partial charge in [-0.15, -0.1) is 0 Å². The average molecular weight is 235 g/mol. The Bertz CT molecular complexity index is 396. The average Bonchev–Trinajstić information content (AvgIpc) is 2.24. The Labute approximate surface area is 103 Å². The van der Waals surface area contributed by atoms with E-state index in [2.05, 4.69) is 38.0 Å². The van der Waals surface area contributed by atoms with Crippen molar-refractivity contribution in [1.29, 1.82) is 0 Å². The number of anilines is 1. The molecule has 0 aliphatic rings. The summed E-state index contributed by atoms with van der Waals surface area (Å²) in [4.78, 5) is 15.8. The first-order valence-electron chi connectivity index (χ1n) is 5.81. The van der Waals surface area contributed by atoms with Crippen molar-refractivity contribution in [2.24, 2.45) is 11.3 Å². The minimum atomic E-state index is -0.160. The number of carbonyl (C=O) groups is 1. The standard InChI is InChI=1S/C13H21N3O/c1-9(13(2,3)4)8-16-12(17)10-6-5-7-15-11(10)14/h5-7,9H,8H2,1-4H3,(H2,14,15)(H,16,17). The van der Waals surface area contributed by atoms with Gasteiger partial charge < -0.3 is 11.1 Å². The van der Waals surface area contributed by atoms with Gasteiger partial charge in [0, 0.05) is 12.7 Å². The van der Waals surface area contributed by atoms with E-state index in [9.17, 15) is 4.79 Å². The van der Waals surface area contributed by atoms with Crippen molar-refractivity contribution >= 4 is 11.7 Å². The highest BCUT2D eigenvalue weighted by molar-refractivity contribution is 5.98. The van der Waals surface area contributed by atoms with Gasteiger partial charge in [0.2, 0.25) is 0 Å². The van der Waals surface area contributed by atoms with Gasteiger partial charge in [-0.05, 0) is 23.5 Å². The van der Waals surface area contributed by atoms with Crippen LogP contribution in [0.5, 0.6) is 0 Å². The molecule has 1 aromatic heterocycles. The molecule has 3 N–H and O–H groups in total. The fourth-order valence-corrected chi connectivity index (χ4v) is 1.26. The van der Waals surface area contributed by atoms with Gasteiger partial charge in [0.15, 0.2) is 0 Å². The maximum atomic E-state index is 11.9. The van der Waals surface area contributed by atoms with Crippen LogP contribution in [0, 0.1) is 11.3 Å². The van der Waals surface area contributed by atoms with Gasteiger partial charge >= 0.3 is 0 Å². The summed E-state index contributed by atoms with van der Waals surface area (Å²) >= 11 is 0. The lowest BCUT2D eigenvalue weighted by molar-refractivity contribution is 0.0937. The summed E-state index contributed by atoms with van der Waals surface area (Å²) in [6, 6.07) is 3.39. The number of hydrogen-bond acceptors (Lipinski definition) is 3. The normalized spacial score (nSPS) is 13.2. The van der Waals surface area contributed by atoms with Crippen LogP contribution in [0.2, 0.25) is 0 Å². The Morgan fingerprint density at radius 2 is 2.18 bits per heavy atom. The minimum Gasteiger partial charge on any atom is -0.383 e. The first-order chi connectivity index (χ1) is 7.82. The van der Waals surface area contributed by atoms with Gasteiger partial charge in [-0.1, -0.05) is 27.7 Å². The van der Waals surface area contributed by atoms with Crippen molar-refractivity contribution in [1.82, 2.24) is 10.3 Å². The molecule has 1 amide bonds. The highest BCUT2D eigenvalue weighted by Gasteiger charge is 2.20. The molecule has 4 heteroatoms. The SMILES string of the molecule is CC(CNC(=O)c1cccnc1N)C(C)(C)C. The molecule has 0 spiro atoms. The maximum Gasteiger partial charge on any atom is 0.255 e. The molecule has 1 atom stereocenters. The van der Waals surface area contributed by atoms with E-state index in [0.717, 1.165) is 0 Å². The summed E-state index contributed by atoms with van der Waals surface area (Å²) in [5.41, 5.74) is 6.25. The molecule has 17 heavy (non-hydrogen) atoms. The fraction of sp³-hybridized carbons (Fsp3) is 0.538. The summed E-state index contributed by atoms with van der Waals surface area (Å²) in [7, 11) is 0. The van der Waals surface area contributed by atoms with Crippen molar-refractivity contribution in [3.8, 4) is 0 Å². The first-order valence-corrected chi connectivity index (χ1v) is 5.81. The second kappa shape index (κ2) is 5.17. The van der Waals surface area contributed by atoms with Crippen molar-refractivity contribution < 1.29 is 4.79 Å². The Kier molecular flexibility index (Phi) is 4.10. The zero-order chi connectivity index (χ0) is 13.1. The van der Waals surface area contributed by atoms with Gasteiger partial charge in [-0.25, -0.2) is 4.98 Å². The zero-order valence-corrected chi connectivity index (χ0v) is 10.9. The summed E-state index contributed by atoms with van der Waals surface area (Å²) < 4.78 is 0. The van der Waals surface area contributed by atoms with Crippen molar-refractivity contribution in [3.05, 3.63) is 23.9 Å². The molecule has 0 aliphatic heterocycles. The topological polar surface area (TPSA) is 68.0 Å². The number of nitrogens with two attached hydrogens (primary N) is 1. The monoisotopic (exact) mass is 235 g/mol. The molecule has 0 radical (unpaired) electrons. The number of hydrogen-bond donors (Lipinski definition) is 2. The van der Waals surface area contributed by atoms with E-state index in [0.29, 0.717) is 18.0 Å². The molecule has 0 bridgehead atoms. The molecule has 4 nitrogen and oxygen atoms in total. The van der Waals surface area contributed by atoms with Crippen LogP contribution in [0.25, 0.3) is 0 Å². The molecule has 0 aliphatic carbocycles. The van der Waals surface area contributed by atoms with E-state index < -0.39 is 0 Å². The Morgan fingerprint density at radius 3 is 2.71 bits per heavy atom. The number of amides is 1. The Hall–Kier alpha value is -1.58. The van der Waals surface area contributed by atoms with Gasteiger partial charge in [0.25, 0.3) is 5.91 Å².